The fraction of sp³-hybridized carbons (Fsp3) is 0.250. The van der Waals surface area contributed by atoms with Crippen molar-refractivity contribution in [2.24, 2.45) is 0 Å². The van der Waals surface area contributed by atoms with Gasteiger partial charge in [0.25, 0.3) is 5.91 Å². The van der Waals surface area contributed by atoms with E-state index in [1.54, 1.807) is 11.0 Å². The van der Waals surface area contributed by atoms with Gasteiger partial charge in [-0.25, -0.2) is 0 Å². The van der Waals surface area contributed by atoms with E-state index in [4.69, 9.17) is 40.2 Å². The molecule has 4 nitrogen and oxygen atoms in total. The topological polar surface area (TPSA) is 34.5 Å². The smallest absolute Gasteiger partial charge is 0.266 e. The van der Waals surface area contributed by atoms with Crippen LogP contribution in [0, 0.1) is 0 Å². The summed E-state index contributed by atoms with van der Waals surface area (Å²) in [5, 5.41) is 2.27. The fourth-order valence-electron chi connectivity index (χ4n) is 4.17. The molecule has 0 spiro atoms. The largest absolute Gasteiger partial charge is 0.376 e. The van der Waals surface area contributed by atoms with Gasteiger partial charge in [-0.05, 0) is 54.8 Å². The minimum absolute atomic E-state index is 0.0582. The first-order valence-electron chi connectivity index (χ1n) is 10.5. The normalized spacial score (nSPS) is 20.0. The predicted molar refractivity (Wildman–Crippen MR) is 144 cm³/mol. The summed E-state index contributed by atoms with van der Waals surface area (Å²) in [7, 11) is 0. The van der Waals surface area contributed by atoms with Gasteiger partial charge in [0.05, 0.1) is 17.6 Å². The van der Waals surface area contributed by atoms with Gasteiger partial charge in [0.1, 0.15) is 4.32 Å². The van der Waals surface area contributed by atoms with Gasteiger partial charge in [0.2, 0.25) is 0 Å². The molecular formula is C24H19BrCl2N2O2S2. The highest BCUT2D eigenvalue weighted by Gasteiger charge is 2.34. The van der Waals surface area contributed by atoms with Crippen molar-refractivity contribution in [3.63, 3.8) is 0 Å². The molecule has 2 saturated heterocycles. The van der Waals surface area contributed by atoms with Crippen LogP contribution in [0.4, 0.5) is 0 Å². The third-order valence-electron chi connectivity index (χ3n) is 5.80. The van der Waals surface area contributed by atoms with Crippen molar-refractivity contribution in [2.75, 3.05) is 13.2 Å². The molecule has 0 saturated carbocycles. The standard InChI is InChI=1S/C24H19BrCl2N2O2S2/c25-16-4-6-21-19(9-16)15(12-28(21)11-14-3-5-17(26)10-20(14)27)8-22-23(30)29(24(32)33-22)13-18-2-1-7-31-18/h3-6,8-10,12,18H,1-2,7,11,13H2/b22-8-/t18-/m1/s1. The summed E-state index contributed by atoms with van der Waals surface area (Å²) < 4.78 is 9.39. The van der Waals surface area contributed by atoms with Crippen molar-refractivity contribution in [2.45, 2.75) is 25.5 Å². The number of carbonyl (C=O) groups is 1. The molecule has 1 atom stereocenters. The minimum Gasteiger partial charge on any atom is -0.376 e. The Hall–Kier alpha value is -1.35. The average Bonchev–Trinajstić information content (AvgIpc) is 3.47. The number of halogens is 3. The van der Waals surface area contributed by atoms with Gasteiger partial charge >= 0.3 is 0 Å². The molecule has 0 unspecified atom stereocenters. The highest BCUT2D eigenvalue weighted by Crippen LogP contribution is 2.36. The molecule has 3 aromatic rings. The van der Waals surface area contributed by atoms with E-state index in [0.717, 1.165) is 46.0 Å². The lowest BCUT2D eigenvalue weighted by molar-refractivity contribution is -0.123. The third-order valence-corrected chi connectivity index (χ3v) is 8.26. The average molecular weight is 582 g/mol. The summed E-state index contributed by atoms with van der Waals surface area (Å²) in [4.78, 5) is 15.4. The van der Waals surface area contributed by atoms with Crippen LogP contribution in [0.15, 0.2) is 52.0 Å². The fourth-order valence-corrected chi connectivity index (χ4v) is 6.26. The molecule has 5 rings (SSSR count). The van der Waals surface area contributed by atoms with E-state index >= 15 is 0 Å². The Labute approximate surface area is 220 Å². The van der Waals surface area contributed by atoms with Crippen LogP contribution in [0.1, 0.15) is 24.0 Å². The van der Waals surface area contributed by atoms with Crippen LogP contribution in [0.25, 0.3) is 17.0 Å². The second-order valence-electron chi connectivity index (χ2n) is 8.04. The molecule has 3 heterocycles. The molecule has 0 radical (unpaired) electrons. The zero-order valence-electron chi connectivity index (χ0n) is 17.4. The zero-order valence-corrected chi connectivity index (χ0v) is 22.1. The first kappa shape index (κ1) is 23.4. The number of ether oxygens (including phenoxy) is 1. The van der Waals surface area contributed by atoms with Crippen LogP contribution in [0.5, 0.6) is 0 Å². The van der Waals surface area contributed by atoms with Crippen molar-refractivity contribution in [3.05, 3.63) is 73.1 Å². The highest BCUT2D eigenvalue weighted by molar-refractivity contribution is 9.10. The molecule has 0 aliphatic carbocycles. The van der Waals surface area contributed by atoms with Gasteiger partial charge in [0.15, 0.2) is 0 Å². The summed E-state index contributed by atoms with van der Waals surface area (Å²) in [6, 6.07) is 11.7. The van der Waals surface area contributed by atoms with E-state index in [-0.39, 0.29) is 12.0 Å². The lowest BCUT2D eigenvalue weighted by Gasteiger charge is -2.18. The number of carbonyl (C=O) groups excluding carboxylic acids is 1. The van der Waals surface area contributed by atoms with Crippen LogP contribution < -0.4 is 0 Å². The van der Waals surface area contributed by atoms with Crippen molar-refractivity contribution in [1.82, 2.24) is 9.47 Å². The Bertz CT molecular complexity index is 1300. The number of aromatic nitrogens is 1. The molecule has 9 heteroatoms. The zero-order chi connectivity index (χ0) is 23.1. The molecule has 2 aromatic carbocycles. The van der Waals surface area contributed by atoms with Crippen LogP contribution in [-0.2, 0) is 16.1 Å². The summed E-state index contributed by atoms with van der Waals surface area (Å²) >= 11 is 22.9. The van der Waals surface area contributed by atoms with Gasteiger partial charge in [-0.15, -0.1) is 0 Å². The highest BCUT2D eigenvalue weighted by atomic mass is 79.9. The monoisotopic (exact) mass is 580 g/mol. The Balaban J connectivity index is 1.49. The number of rotatable bonds is 5. The molecule has 0 bridgehead atoms. The first-order chi connectivity index (χ1) is 15.9. The van der Waals surface area contributed by atoms with E-state index < -0.39 is 0 Å². The number of amides is 1. The van der Waals surface area contributed by atoms with E-state index in [1.165, 1.54) is 11.8 Å². The molecule has 2 fully saturated rings. The quantitative estimate of drug-likeness (QED) is 0.237. The summed E-state index contributed by atoms with van der Waals surface area (Å²) in [5.41, 5.74) is 2.97. The van der Waals surface area contributed by atoms with Gasteiger partial charge in [-0.3, -0.25) is 9.69 Å². The predicted octanol–water partition coefficient (Wildman–Crippen LogP) is 7.14. The SMILES string of the molecule is O=C1/C(=C/c2cn(Cc3ccc(Cl)cc3Cl)c3ccc(Br)cc23)SC(=S)N1C[C@H]1CCCO1. The summed E-state index contributed by atoms with van der Waals surface area (Å²) in [6.07, 6.45) is 6.04. The number of nitrogens with zero attached hydrogens (tertiary/aromatic N) is 2. The van der Waals surface area contributed by atoms with Crippen molar-refractivity contribution >= 4 is 90.3 Å². The molecule has 2 aliphatic rings. The maximum absolute atomic E-state index is 13.1. The second-order valence-corrected chi connectivity index (χ2v) is 11.5. The van der Waals surface area contributed by atoms with Crippen LogP contribution in [-0.4, -0.2) is 39.0 Å². The lowest BCUT2D eigenvalue weighted by atomic mass is 10.1. The number of thioether (sulfide) groups is 1. The van der Waals surface area contributed by atoms with Crippen LogP contribution >= 0.6 is 63.1 Å². The molecule has 170 valence electrons. The molecule has 1 aromatic heterocycles. The third kappa shape index (κ3) is 4.90. The van der Waals surface area contributed by atoms with Gasteiger partial charge in [0, 0.05) is 50.3 Å². The molecule has 2 aliphatic heterocycles. The molecular weight excluding hydrogens is 563 g/mol. The number of benzene rings is 2. The Morgan fingerprint density at radius 2 is 2.09 bits per heavy atom. The Morgan fingerprint density at radius 3 is 2.85 bits per heavy atom. The molecule has 0 N–H and O–H groups in total. The van der Waals surface area contributed by atoms with Crippen molar-refractivity contribution in [1.29, 1.82) is 0 Å². The summed E-state index contributed by atoms with van der Waals surface area (Å²) in [6.45, 7) is 1.85. The van der Waals surface area contributed by atoms with Crippen LogP contribution in [0.2, 0.25) is 10.0 Å². The first-order valence-corrected chi connectivity index (χ1v) is 13.3. The van der Waals surface area contributed by atoms with E-state index in [9.17, 15) is 4.79 Å². The van der Waals surface area contributed by atoms with E-state index in [0.29, 0.717) is 32.4 Å². The number of hydrogen-bond acceptors (Lipinski definition) is 4. The van der Waals surface area contributed by atoms with Gasteiger partial charge < -0.3 is 9.30 Å². The van der Waals surface area contributed by atoms with Gasteiger partial charge in [-0.2, -0.15) is 0 Å². The molecule has 33 heavy (non-hydrogen) atoms. The number of thiocarbonyl (C=S) groups is 1. The van der Waals surface area contributed by atoms with Crippen LogP contribution in [0.3, 0.4) is 0 Å². The van der Waals surface area contributed by atoms with E-state index in [2.05, 4.69) is 38.8 Å². The maximum Gasteiger partial charge on any atom is 0.266 e. The summed E-state index contributed by atoms with van der Waals surface area (Å²) in [5.74, 6) is -0.0582. The Kier molecular flexibility index (Phi) is 6.89. The Morgan fingerprint density at radius 1 is 1.24 bits per heavy atom. The lowest BCUT2D eigenvalue weighted by Crippen LogP contribution is -2.35. The number of fused-ring (bicyclic) bond motifs is 1. The van der Waals surface area contributed by atoms with Crippen molar-refractivity contribution in [3.8, 4) is 0 Å². The molecule has 1 amide bonds. The second kappa shape index (κ2) is 9.72. The van der Waals surface area contributed by atoms with Crippen molar-refractivity contribution < 1.29 is 9.53 Å². The number of hydrogen-bond donors (Lipinski definition) is 0. The minimum atomic E-state index is -0.0582. The maximum atomic E-state index is 13.1. The van der Waals surface area contributed by atoms with E-state index in [1.807, 2.05) is 24.3 Å². The van der Waals surface area contributed by atoms with Gasteiger partial charge in [-0.1, -0.05) is 69.2 Å².